The Bertz CT molecular complexity index is 601. The molecule has 1 aromatic heterocycles. The maximum absolute atomic E-state index is 12.3. The molecule has 0 amide bonds. The van der Waals surface area contributed by atoms with Gasteiger partial charge in [0.05, 0.1) is 0 Å². The van der Waals surface area contributed by atoms with Gasteiger partial charge in [-0.2, -0.15) is 0 Å². The monoisotopic (exact) mass is 351 g/mol. The summed E-state index contributed by atoms with van der Waals surface area (Å²) in [7, 11) is -3.80. The number of hydrogen-bond acceptors (Lipinski definition) is 4. The first kappa shape index (κ1) is 14.5. The summed E-state index contributed by atoms with van der Waals surface area (Å²) in [5.74, 6) is -1.72. The van der Waals surface area contributed by atoms with Crippen molar-refractivity contribution in [2.45, 2.75) is 43.0 Å². The van der Waals surface area contributed by atoms with Crippen LogP contribution in [0.3, 0.4) is 0 Å². The van der Waals surface area contributed by atoms with Gasteiger partial charge in [-0.15, -0.1) is 0 Å². The van der Waals surface area contributed by atoms with Crippen molar-refractivity contribution < 1.29 is 22.7 Å². The molecule has 1 aliphatic carbocycles. The van der Waals surface area contributed by atoms with Crippen LogP contribution in [-0.2, 0) is 10.0 Å². The van der Waals surface area contributed by atoms with Crippen LogP contribution in [-0.4, -0.2) is 25.0 Å². The van der Waals surface area contributed by atoms with Crippen molar-refractivity contribution in [1.29, 1.82) is 0 Å². The third-order valence-corrected chi connectivity index (χ3v) is 5.74. The van der Waals surface area contributed by atoms with Crippen molar-refractivity contribution in [3.05, 3.63) is 16.5 Å². The Morgan fingerprint density at radius 3 is 2.53 bits per heavy atom. The van der Waals surface area contributed by atoms with Crippen LogP contribution in [0.1, 0.15) is 43.2 Å². The summed E-state index contributed by atoms with van der Waals surface area (Å²) in [4.78, 5) is 10.6. The first-order valence-electron chi connectivity index (χ1n) is 5.80. The lowest BCUT2D eigenvalue weighted by molar-refractivity contribution is 0.0661. The average molecular weight is 352 g/mol. The maximum atomic E-state index is 12.3. The van der Waals surface area contributed by atoms with E-state index in [1.165, 1.54) is 0 Å². The van der Waals surface area contributed by atoms with E-state index < -0.39 is 27.3 Å². The number of carboxylic acids is 1. The average Bonchev–Trinajstić information content (AvgIpc) is 2.84. The van der Waals surface area contributed by atoms with Gasteiger partial charge in [0, 0.05) is 11.6 Å². The molecule has 2 rings (SSSR count). The molecule has 0 unspecified atom stereocenters. The van der Waals surface area contributed by atoms with Crippen molar-refractivity contribution in [2.24, 2.45) is 0 Å². The molecule has 0 spiro atoms. The van der Waals surface area contributed by atoms with E-state index in [1.54, 1.807) is 0 Å². The Balaban J connectivity index is 2.31. The first-order chi connectivity index (χ1) is 8.73. The zero-order valence-electron chi connectivity index (χ0n) is 10.3. The lowest BCUT2D eigenvalue weighted by Gasteiger charge is -2.24. The van der Waals surface area contributed by atoms with Crippen molar-refractivity contribution >= 4 is 31.9 Å². The third kappa shape index (κ3) is 3.01. The van der Waals surface area contributed by atoms with Crippen molar-refractivity contribution in [3.8, 4) is 0 Å². The van der Waals surface area contributed by atoms with Crippen LogP contribution in [0.5, 0.6) is 0 Å². The van der Waals surface area contributed by atoms with E-state index in [4.69, 9.17) is 9.52 Å². The minimum atomic E-state index is -3.80. The van der Waals surface area contributed by atoms with Crippen molar-refractivity contribution in [1.82, 2.24) is 4.72 Å². The molecule has 8 heteroatoms. The van der Waals surface area contributed by atoms with Crippen LogP contribution in [0.4, 0.5) is 0 Å². The van der Waals surface area contributed by atoms with E-state index in [0.29, 0.717) is 0 Å². The van der Waals surface area contributed by atoms with E-state index >= 15 is 0 Å². The highest BCUT2D eigenvalue weighted by molar-refractivity contribution is 9.10. The SMILES string of the molecule is CC1(NS(=O)(=O)c2cc(C(=O)O)oc2Br)CCCC1. The zero-order chi connectivity index (χ0) is 14.3. The van der Waals surface area contributed by atoms with E-state index in [-0.39, 0.29) is 9.56 Å². The Morgan fingerprint density at radius 1 is 1.47 bits per heavy atom. The molecule has 0 aliphatic heterocycles. The summed E-state index contributed by atoms with van der Waals surface area (Å²) >= 11 is 2.94. The van der Waals surface area contributed by atoms with Gasteiger partial charge in [0.2, 0.25) is 15.8 Å². The summed E-state index contributed by atoms with van der Waals surface area (Å²) in [5.41, 5.74) is -0.473. The number of halogens is 1. The summed E-state index contributed by atoms with van der Waals surface area (Å²) < 4.78 is 31.9. The summed E-state index contributed by atoms with van der Waals surface area (Å²) in [6.07, 6.45) is 3.50. The molecule has 19 heavy (non-hydrogen) atoms. The van der Waals surface area contributed by atoms with Crippen LogP contribution >= 0.6 is 15.9 Å². The predicted octanol–water partition coefficient (Wildman–Crippen LogP) is 2.35. The second-order valence-corrected chi connectivity index (χ2v) is 7.30. The molecule has 0 radical (unpaired) electrons. The Morgan fingerprint density at radius 2 is 2.05 bits per heavy atom. The molecule has 1 heterocycles. The standard InChI is InChI=1S/C11H14BrNO5S/c1-11(4-2-3-5-11)13-19(16,17)8-6-7(10(14)15)18-9(8)12/h6,13H,2-5H2,1H3,(H,14,15). The van der Waals surface area contributed by atoms with Gasteiger partial charge in [-0.05, 0) is 35.7 Å². The van der Waals surface area contributed by atoms with Crippen LogP contribution in [0.2, 0.25) is 0 Å². The molecule has 0 saturated heterocycles. The second-order valence-electron chi connectivity index (χ2n) is 4.93. The molecule has 0 atom stereocenters. The van der Waals surface area contributed by atoms with E-state index in [0.717, 1.165) is 31.7 Å². The Labute approximate surface area is 119 Å². The maximum Gasteiger partial charge on any atom is 0.371 e. The van der Waals surface area contributed by atoms with Crippen LogP contribution in [0.25, 0.3) is 0 Å². The summed E-state index contributed by atoms with van der Waals surface area (Å²) in [5, 5.41) is 8.79. The molecule has 1 saturated carbocycles. The quantitative estimate of drug-likeness (QED) is 0.867. The van der Waals surface area contributed by atoms with Crippen molar-refractivity contribution in [2.75, 3.05) is 0 Å². The van der Waals surface area contributed by atoms with Gasteiger partial charge in [-0.3, -0.25) is 0 Å². The van der Waals surface area contributed by atoms with E-state index in [1.807, 2.05) is 6.92 Å². The first-order valence-corrected chi connectivity index (χ1v) is 8.08. The van der Waals surface area contributed by atoms with Gasteiger partial charge >= 0.3 is 5.97 Å². The molecule has 1 aromatic rings. The molecule has 2 N–H and O–H groups in total. The fraction of sp³-hybridized carbons (Fsp3) is 0.545. The van der Waals surface area contributed by atoms with Crippen LogP contribution in [0.15, 0.2) is 20.0 Å². The number of nitrogens with one attached hydrogen (secondary N) is 1. The molecule has 0 bridgehead atoms. The van der Waals surface area contributed by atoms with Crippen LogP contribution in [0, 0.1) is 0 Å². The van der Waals surface area contributed by atoms with Gasteiger partial charge in [-0.25, -0.2) is 17.9 Å². The minimum absolute atomic E-state index is 0.0982. The summed E-state index contributed by atoms with van der Waals surface area (Å²) in [6, 6.07) is 1.01. The number of carbonyl (C=O) groups is 1. The lowest BCUT2D eigenvalue weighted by Crippen LogP contribution is -2.43. The number of carboxylic acid groups (broad SMARTS) is 1. The molecule has 106 valence electrons. The smallest absolute Gasteiger partial charge is 0.371 e. The third-order valence-electron chi connectivity index (χ3n) is 3.24. The van der Waals surface area contributed by atoms with Gasteiger partial charge in [-0.1, -0.05) is 12.8 Å². The highest BCUT2D eigenvalue weighted by atomic mass is 79.9. The molecular weight excluding hydrogens is 338 g/mol. The van der Waals surface area contributed by atoms with Gasteiger partial charge in [0.1, 0.15) is 4.90 Å². The van der Waals surface area contributed by atoms with E-state index in [9.17, 15) is 13.2 Å². The Hall–Kier alpha value is -0.860. The normalized spacial score (nSPS) is 18.6. The number of sulfonamides is 1. The fourth-order valence-corrected chi connectivity index (χ4v) is 4.68. The molecule has 0 aromatic carbocycles. The largest absolute Gasteiger partial charge is 0.475 e. The highest BCUT2D eigenvalue weighted by Gasteiger charge is 2.35. The van der Waals surface area contributed by atoms with Gasteiger partial charge < -0.3 is 9.52 Å². The molecular formula is C11H14BrNO5S. The number of rotatable bonds is 4. The molecule has 1 fully saturated rings. The highest BCUT2D eigenvalue weighted by Crippen LogP contribution is 2.33. The van der Waals surface area contributed by atoms with Crippen molar-refractivity contribution in [3.63, 3.8) is 0 Å². The topological polar surface area (TPSA) is 96.6 Å². The summed E-state index contributed by atoms with van der Waals surface area (Å²) in [6.45, 7) is 1.85. The molecule has 6 nitrogen and oxygen atoms in total. The van der Waals surface area contributed by atoms with E-state index in [2.05, 4.69) is 20.7 Å². The number of hydrogen-bond donors (Lipinski definition) is 2. The number of furan rings is 1. The van der Waals surface area contributed by atoms with Gasteiger partial charge in [0.15, 0.2) is 4.67 Å². The number of aromatic carboxylic acids is 1. The fourth-order valence-electron chi connectivity index (χ4n) is 2.28. The minimum Gasteiger partial charge on any atom is -0.475 e. The Kier molecular flexibility index (Phi) is 3.76. The second kappa shape index (κ2) is 4.92. The zero-order valence-corrected chi connectivity index (χ0v) is 12.7. The molecule has 1 aliphatic rings. The lowest BCUT2D eigenvalue weighted by atomic mass is 10.0. The predicted molar refractivity (Wildman–Crippen MR) is 70.6 cm³/mol. The van der Waals surface area contributed by atoms with Gasteiger partial charge in [0.25, 0.3) is 0 Å². The van der Waals surface area contributed by atoms with Crippen LogP contribution < -0.4 is 4.72 Å².